The highest BCUT2D eigenvalue weighted by molar-refractivity contribution is 7.63. The van der Waals surface area contributed by atoms with E-state index in [0.29, 0.717) is 28.2 Å². The van der Waals surface area contributed by atoms with Crippen molar-refractivity contribution < 1.29 is 46.3 Å². The highest BCUT2D eigenvalue weighted by atomic mass is 31.2. The fourth-order valence-corrected chi connectivity index (χ4v) is 10.2. The van der Waals surface area contributed by atoms with E-state index < -0.39 is 62.2 Å². The van der Waals surface area contributed by atoms with Crippen molar-refractivity contribution in [3.63, 3.8) is 0 Å². The fourth-order valence-electron chi connectivity index (χ4n) is 7.31. The van der Waals surface area contributed by atoms with Crippen molar-refractivity contribution in [3.05, 3.63) is 129 Å². The Hall–Kier alpha value is -4.59. The number of methoxy groups -OCH3 is 2. The Labute approximate surface area is 329 Å². The second-order valence-corrected chi connectivity index (χ2v) is 16.3. The van der Waals surface area contributed by atoms with Crippen LogP contribution in [-0.2, 0) is 24.3 Å². The molecule has 57 heavy (non-hydrogen) atoms. The second-order valence-electron chi connectivity index (χ2n) is 13.9. The first kappa shape index (κ1) is 43.5. The molecular formula is C40H47F3N4O9P+. The summed E-state index contributed by atoms with van der Waals surface area (Å²) in [7, 11) is -0.880. The zero-order valence-corrected chi connectivity index (χ0v) is 33.3. The third-order valence-corrected chi connectivity index (χ3v) is 12.6. The Morgan fingerprint density at radius 2 is 1.42 bits per heavy atom. The monoisotopic (exact) mass is 815 g/mol. The van der Waals surface area contributed by atoms with Crippen LogP contribution in [0.4, 0.5) is 13.2 Å². The molecule has 1 unspecified atom stereocenters. The number of rotatable bonds is 17. The van der Waals surface area contributed by atoms with Crippen molar-refractivity contribution >= 4 is 7.87 Å². The van der Waals surface area contributed by atoms with Gasteiger partial charge in [0.2, 0.25) is 0 Å². The van der Waals surface area contributed by atoms with Gasteiger partial charge in [-0.3, -0.25) is 19.1 Å². The average molecular weight is 816 g/mol. The summed E-state index contributed by atoms with van der Waals surface area (Å²) in [6, 6.07) is 25.5. The van der Waals surface area contributed by atoms with Gasteiger partial charge >= 0.3 is 19.9 Å². The van der Waals surface area contributed by atoms with Crippen molar-refractivity contribution in [1.29, 1.82) is 5.26 Å². The first-order valence-corrected chi connectivity index (χ1v) is 20.0. The van der Waals surface area contributed by atoms with Crippen molar-refractivity contribution in [2.75, 3.05) is 27.0 Å². The van der Waals surface area contributed by atoms with Crippen LogP contribution in [-0.4, -0.2) is 82.9 Å². The zero-order valence-electron chi connectivity index (χ0n) is 32.4. The molecule has 1 aromatic heterocycles. The van der Waals surface area contributed by atoms with Crippen LogP contribution < -0.4 is 20.7 Å². The van der Waals surface area contributed by atoms with Crippen LogP contribution in [0.25, 0.3) is 0 Å². The second kappa shape index (κ2) is 18.3. The zero-order chi connectivity index (χ0) is 41.5. The molecule has 1 aliphatic heterocycles. The molecule has 0 spiro atoms. The summed E-state index contributed by atoms with van der Waals surface area (Å²) < 4.78 is 81.1. The summed E-state index contributed by atoms with van der Waals surface area (Å²) in [6.07, 6.45) is -11.9. The minimum absolute atomic E-state index is 0.186. The number of nitriles is 1. The molecule has 4 aromatic rings. The van der Waals surface area contributed by atoms with E-state index in [2.05, 4.69) is 0 Å². The number of benzene rings is 3. The predicted molar refractivity (Wildman–Crippen MR) is 206 cm³/mol. The molecule has 0 amide bonds. The number of nitrogens with one attached hydrogen (secondary N) is 1. The third kappa shape index (κ3) is 9.76. The van der Waals surface area contributed by atoms with E-state index in [1.54, 1.807) is 80.9 Å². The number of hydrogen-bond donors (Lipinski definition) is 2. The van der Waals surface area contributed by atoms with Gasteiger partial charge in [0.15, 0.2) is 12.3 Å². The molecule has 1 fully saturated rings. The van der Waals surface area contributed by atoms with Crippen LogP contribution in [0.5, 0.6) is 11.5 Å². The van der Waals surface area contributed by atoms with Crippen LogP contribution in [0, 0.1) is 11.3 Å². The lowest BCUT2D eigenvalue weighted by molar-refractivity contribution is -0.355. The number of ether oxygens (including phenoxy) is 5. The minimum Gasteiger partial charge on any atom is -0.497 e. The quantitative estimate of drug-likeness (QED) is 0.0882. The van der Waals surface area contributed by atoms with Crippen molar-refractivity contribution in [3.8, 4) is 17.6 Å². The van der Waals surface area contributed by atoms with Crippen molar-refractivity contribution in [2.24, 2.45) is 0 Å². The number of H-pyrrole nitrogens is 1. The summed E-state index contributed by atoms with van der Waals surface area (Å²) >= 11 is 0. The van der Waals surface area contributed by atoms with Crippen LogP contribution in [0.3, 0.4) is 0 Å². The highest BCUT2D eigenvalue weighted by Gasteiger charge is 2.60. The average Bonchev–Trinajstić information content (AvgIpc) is 3.48. The fraction of sp³-hybridized carbons (Fsp3) is 0.425. The summed E-state index contributed by atoms with van der Waals surface area (Å²) in [6.45, 7) is 6.66. The van der Waals surface area contributed by atoms with E-state index in [4.69, 9.17) is 28.2 Å². The Balaban J connectivity index is 1.72. The van der Waals surface area contributed by atoms with Crippen LogP contribution >= 0.6 is 7.87 Å². The Morgan fingerprint density at radius 1 is 0.877 bits per heavy atom. The first-order chi connectivity index (χ1) is 27.1. The minimum atomic E-state index is -5.28. The van der Waals surface area contributed by atoms with Crippen LogP contribution in [0.15, 0.2) is 101 Å². The van der Waals surface area contributed by atoms with Gasteiger partial charge < -0.3 is 18.9 Å². The maximum Gasteiger partial charge on any atom is 0.523 e. The molecule has 3 aromatic carbocycles. The normalized spacial score (nSPS) is 19.8. The van der Waals surface area contributed by atoms with Gasteiger partial charge in [0.1, 0.15) is 35.5 Å². The number of alkyl halides is 3. The van der Waals surface area contributed by atoms with E-state index in [1.807, 2.05) is 41.4 Å². The molecular weight excluding hydrogens is 768 g/mol. The smallest absolute Gasteiger partial charge is 0.497 e. The van der Waals surface area contributed by atoms with Crippen LogP contribution in [0.1, 0.15) is 57.0 Å². The van der Waals surface area contributed by atoms with Gasteiger partial charge in [-0.05, 0) is 68.7 Å². The molecule has 1 saturated heterocycles. The van der Waals surface area contributed by atoms with E-state index in [0.717, 1.165) is 16.8 Å². The maximum absolute atomic E-state index is 14.4. The SMILES string of the molecule is COc1ccc(C(OC[C@H]2O[C@@H](n3ccc(=O)[nH]c3=O)[C@H](OC(F)(F)F)[C@@H]2O[P+](O)(CCC#N)N(C(C)C)C(C)C)(c2ccccc2)c2ccc(OC)cc2)cc1. The largest absolute Gasteiger partial charge is 0.523 e. The van der Waals surface area contributed by atoms with Gasteiger partial charge in [0, 0.05) is 24.3 Å². The number of nitrogens with zero attached hydrogens (tertiary/aromatic N) is 3. The molecule has 17 heteroatoms. The van der Waals surface area contributed by atoms with Gasteiger partial charge in [-0.25, -0.2) is 9.69 Å². The number of halogens is 3. The lowest BCUT2D eigenvalue weighted by atomic mass is 9.80. The van der Waals surface area contributed by atoms with Gasteiger partial charge in [-0.2, -0.15) is 9.79 Å². The molecule has 0 bridgehead atoms. The Morgan fingerprint density at radius 3 is 1.89 bits per heavy atom. The molecule has 5 rings (SSSR count). The maximum atomic E-state index is 14.4. The summed E-state index contributed by atoms with van der Waals surface area (Å²) in [5.74, 6) is 1.12. The summed E-state index contributed by atoms with van der Waals surface area (Å²) in [5, 5.41) is 9.60. The molecule has 13 nitrogen and oxygen atoms in total. The standard InChI is InChI=1S/C40H46F3N4O9P/c1-26(2)47(27(3)4)57(50,24-10-22-44)56-35-33(54-37(36(35)55-40(41,42)43)46-23-21-34(48)45-38(46)49)25-53-39(28-11-8-7-9-12-28,29-13-17-31(51-5)18-14-29)30-15-19-32(52-6)20-16-30/h7-9,11-21,23,26-27,33,35-37,50H,10,24-25H2,1-6H3/p+1/t33-,35-,36-,37-,57?/m1/s1. The first-order valence-electron chi connectivity index (χ1n) is 18.2. The van der Waals surface area contributed by atoms with Gasteiger partial charge in [-0.15, -0.1) is 17.8 Å². The number of aromatic nitrogens is 2. The van der Waals surface area contributed by atoms with Crippen molar-refractivity contribution in [1.82, 2.24) is 14.2 Å². The molecule has 5 atom stereocenters. The molecule has 2 heterocycles. The molecule has 0 radical (unpaired) electrons. The van der Waals surface area contributed by atoms with Gasteiger partial charge in [-0.1, -0.05) is 54.6 Å². The van der Waals surface area contributed by atoms with E-state index in [-0.39, 0.29) is 24.7 Å². The highest BCUT2D eigenvalue weighted by Crippen LogP contribution is 2.64. The number of hydrogen-bond acceptors (Lipinski definition) is 11. The predicted octanol–water partition coefficient (Wildman–Crippen LogP) is 6.54. The molecule has 0 saturated carbocycles. The molecule has 0 aliphatic carbocycles. The lowest BCUT2D eigenvalue weighted by Gasteiger charge is -2.39. The van der Waals surface area contributed by atoms with E-state index in [9.17, 15) is 32.9 Å². The molecule has 1 aliphatic rings. The topological polar surface area (TPSA) is 158 Å². The summed E-state index contributed by atoms with van der Waals surface area (Å²) in [4.78, 5) is 39.7. The Bertz CT molecular complexity index is 2020. The van der Waals surface area contributed by atoms with Crippen LogP contribution in [0.2, 0.25) is 0 Å². The van der Waals surface area contributed by atoms with Crippen molar-refractivity contribution in [2.45, 2.75) is 82.7 Å². The van der Waals surface area contributed by atoms with Gasteiger partial charge in [0.05, 0.1) is 33.3 Å². The van der Waals surface area contributed by atoms with E-state index in [1.165, 1.54) is 14.2 Å². The Kier molecular flexibility index (Phi) is 14.0. The lowest BCUT2D eigenvalue weighted by Crippen LogP contribution is -2.47. The third-order valence-electron chi connectivity index (χ3n) is 9.54. The summed E-state index contributed by atoms with van der Waals surface area (Å²) in [5.41, 5.74) is -1.47. The number of aromatic amines is 1. The van der Waals surface area contributed by atoms with Gasteiger partial charge in [0.25, 0.3) is 5.56 Å². The van der Waals surface area contributed by atoms with E-state index >= 15 is 0 Å². The molecule has 306 valence electrons. The molecule has 2 N–H and O–H groups in total.